The van der Waals surface area contributed by atoms with Gasteiger partial charge in [0.15, 0.2) is 0 Å². The Morgan fingerprint density at radius 2 is 1.95 bits per heavy atom. The van der Waals surface area contributed by atoms with Crippen molar-refractivity contribution in [2.45, 2.75) is 49.3 Å². The number of sulfonamides is 1. The maximum absolute atomic E-state index is 12.3. The Bertz CT molecular complexity index is 530. The quantitative estimate of drug-likeness (QED) is 0.760. The molecule has 1 aliphatic carbocycles. The average molecular weight is 284 g/mol. The molecule has 2 unspecified atom stereocenters. The molecule has 1 aromatic rings. The maximum Gasteiger partial charge on any atom is 0.241 e. The van der Waals surface area contributed by atoms with Crippen LogP contribution in [0.25, 0.3) is 0 Å². The molecule has 1 aromatic carbocycles. The largest absolute Gasteiger partial charge is 0.391 e. The Morgan fingerprint density at radius 3 is 2.63 bits per heavy atom. The second kappa shape index (κ2) is 6.00. The van der Waals surface area contributed by atoms with Crippen molar-refractivity contribution < 1.29 is 13.5 Å². The van der Waals surface area contributed by atoms with Crippen molar-refractivity contribution in [1.29, 1.82) is 0 Å². The average Bonchev–Trinajstić information content (AvgIpc) is 2.41. The predicted molar refractivity (Wildman–Crippen MR) is 72.9 cm³/mol. The fourth-order valence-electron chi connectivity index (χ4n) is 2.45. The van der Waals surface area contributed by atoms with Crippen LogP contribution in [0.3, 0.4) is 0 Å². The minimum Gasteiger partial charge on any atom is -0.391 e. The van der Waals surface area contributed by atoms with Crippen LogP contribution in [0.1, 0.15) is 31.2 Å². The van der Waals surface area contributed by atoms with E-state index in [0.717, 1.165) is 12.8 Å². The Morgan fingerprint density at radius 1 is 1.26 bits per heavy atom. The first-order chi connectivity index (χ1) is 9.04. The predicted octanol–water partition coefficient (Wildman–Crippen LogP) is 0.727. The highest BCUT2D eigenvalue weighted by atomic mass is 32.2. The normalized spacial score (nSPS) is 24.3. The number of nitrogens with two attached hydrogens (primary N) is 1. The lowest BCUT2D eigenvalue weighted by Gasteiger charge is -2.28. The molecule has 0 saturated heterocycles. The van der Waals surface area contributed by atoms with Crippen LogP contribution in [0.2, 0.25) is 0 Å². The van der Waals surface area contributed by atoms with Gasteiger partial charge in [-0.1, -0.05) is 31.0 Å². The number of hydrogen-bond donors (Lipinski definition) is 3. The molecule has 19 heavy (non-hydrogen) atoms. The van der Waals surface area contributed by atoms with Gasteiger partial charge in [-0.15, -0.1) is 0 Å². The Kier molecular flexibility index (Phi) is 4.57. The minimum atomic E-state index is -3.63. The van der Waals surface area contributed by atoms with Crippen molar-refractivity contribution in [2.75, 3.05) is 0 Å². The first kappa shape index (κ1) is 14.5. The Balaban J connectivity index is 2.22. The summed E-state index contributed by atoms with van der Waals surface area (Å²) in [6.45, 7) is 0.171. The van der Waals surface area contributed by atoms with Gasteiger partial charge in [0, 0.05) is 12.6 Å². The summed E-state index contributed by atoms with van der Waals surface area (Å²) in [6.07, 6.45) is 2.59. The molecular formula is C13H20N2O3S. The van der Waals surface area contributed by atoms with Crippen molar-refractivity contribution in [3.05, 3.63) is 29.8 Å². The number of rotatable bonds is 4. The minimum absolute atomic E-state index is 0.171. The molecule has 6 heteroatoms. The highest BCUT2D eigenvalue weighted by molar-refractivity contribution is 7.89. The van der Waals surface area contributed by atoms with E-state index in [1.54, 1.807) is 24.3 Å². The van der Waals surface area contributed by atoms with Gasteiger partial charge in [0.05, 0.1) is 11.0 Å². The molecular weight excluding hydrogens is 264 g/mol. The van der Waals surface area contributed by atoms with Crippen molar-refractivity contribution in [3.63, 3.8) is 0 Å². The summed E-state index contributed by atoms with van der Waals surface area (Å²) in [7, 11) is -3.63. The zero-order valence-electron chi connectivity index (χ0n) is 10.7. The molecule has 2 atom stereocenters. The van der Waals surface area contributed by atoms with E-state index >= 15 is 0 Å². The lowest BCUT2D eigenvalue weighted by molar-refractivity contribution is 0.101. The number of benzene rings is 1. The van der Waals surface area contributed by atoms with Gasteiger partial charge in [-0.2, -0.15) is 0 Å². The van der Waals surface area contributed by atoms with E-state index in [1.165, 1.54) is 0 Å². The van der Waals surface area contributed by atoms with Crippen LogP contribution in [-0.4, -0.2) is 25.7 Å². The second-order valence-corrected chi connectivity index (χ2v) is 6.57. The second-order valence-electron chi connectivity index (χ2n) is 4.89. The summed E-state index contributed by atoms with van der Waals surface area (Å²) >= 11 is 0. The molecule has 0 amide bonds. The molecule has 0 bridgehead atoms. The molecule has 0 radical (unpaired) electrons. The van der Waals surface area contributed by atoms with Gasteiger partial charge in [-0.3, -0.25) is 0 Å². The molecule has 1 fully saturated rings. The lowest BCUT2D eigenvalue weighted by Crippen LogP contribution is -2.45. The summed E-state index contributed by atoms with van der Waals surface area (Å²) in [5.74, 6) is 0. The summed E-state index contributed by atoms with van der Waals surface area (Å²) in [4.78, 5) is 0.204. The molecule has 2 rings (SSSR count). The Hall–Kier alpha value is -0.950. The summed E-state index contributed by atoms with van der Waals surface area (Å²) in [5, 5.41) is 9.85. The van der Waals surface area contributed by atoms with Crippen LogP contribution >= 0.6 is 0 Å². The number of aliphatic hydroxyl groups excluding tert-OH is 1. The first-order valence-electron chi connectivity index (χ1n) is 6.53. The Labute approximate surface area is 113 Å². The van der Waals surface area contributed by atoms with Gasteiger partial charge < -0.3 is 10.8 Å². The highest BCUT2D eigenvalue weighted by Gasteiger charge is 2.28. The van der Waals surface area contributed by atoms with Crippen LogP contribution in [0, 0.1) is 0 Å². The zero-order chi connectivity index (χ0) is 13.9. The van der Waals surface area contributed by atoms with E-state index in [0.29, 0.717) is 18.4 Å². The summed E-state index contributed by atoms with van der Waals surface area (Å²) in [6, 6.07) is 6.28. The fourth-order valence-corrected chi connectivity index (χ4v) is 4.00. The molecule has 0 aromatic heterocycles. The van der Waals surface area contributed by atoms with E-state index < -0.39 is 22.2 Å². The topological polar surface area (TPSA) is 92.4 Å². The summed E-state index contributed by atoms with van der Waals surface area (Å²) < 4.78 is 27.3. The zero-order valence-corrected chi connectivity index (χ0v) is 11.6. The van der Waals surface area contributed by atoms with Gasteiger partial charge >= 0.3 is 0 Å². The van der Waals surface area contributed by atoms with Crippen LogP contribution in [0.4, 0.5) is 0 Å². The van der Waals surface area contributed by atoms with E-state index in [9.17, 15) is 13.5 Å². The van der Waals surface area contributed by atoms with Gasteiger partial charge in [0.25, 0.3) is 0 Å². The molecule has 106 valence electrons. The molecule has 0 aliphatic heterocycles. The number of nitrogens with one attached hydrogen (secondary N) is 1. The lowest BCUT2D eigenvalue weighted by atomic mass is 9.93. The molecule has 1 aliphatic rings. The van der Waals surface area contributed by atoms with E-state index in [-0.39, 0.29) is 11.4 Å². The molecule has 5 nitrogen and oxygen atoms in total. The molecule has 0 spiro atoms. The van der Waals surface area contributed by atoms with Gasteiger partial charge in [0.1, 0.15) is 0 Å². The maximum atomic E-state index is 12.3. The molecule has 0 heterocycles. The van der Waals surface area contributed by atoms with Gasteiger partial charge in [-0.25, -0.2) is 13.1 Å². The first-order valence-corrected chi connectivity index (χ1v) is 8.01. The third-order valence-electron chi connectivity index (χ3n) is 3.52. The van der Waals surface area contributed by atoms with Crippen LogP contribution in [0.15, 0.2) is 29.2 Å². The van der Waals surface area contributed by atoms with Crippen LogP contribution in [-0.2, 0) is 16.6 Å². The van der Waals surface area contributed by atoms with E-state index in [4.69, 9.17) is 5.73 Å². The third-order valence-corrected chi connectivity index (χ3v) is 5.11. The monoisotopic (exact) mass is 284 g/mol. The number of aliphatic hydroxyl groups is 1. The van der Waals surface area contributed by atoms with Gasteiger partial charge in [-0.05, 0) is 24.5 Å². The highest BCUT2D eigenvalue weighted by Crippen LogP contribution is 2.22. The smallest absolute Gasteiger partial charge is 0.241 e. The molecule has 4 N–H and O–H groups in total. The van der Waals surface area contributed by atoms with Crippen molar-refractivity contribution in [3.8, 4) is 0 Å². The summed E-state index contributed by atoms with van der Waals surface area (Å²) in [5.41, 5.74) is 6.15. The van der Waals surface area contributed by atoms with E-state index in [1.807, 2.05) is 0 Å². The third kappa shape index (κ3) is 3.33. The van der Waals surface area contributed by atoms with Crippen LogP contribution in [0.5, 0.6) is 0 Å². The van der Waals surface area contributed by atoms with Crippen molar-refractivity contribution in [2.24, 2.45) is 5.73 Å². The van der Waals surface area contributed by atoms with E-state index in [2.05, 4.69) is 4.72 Å². The SMILES string of the molecule is NCc1ccccc1S(=O)(=O)NC1CCCCC1O. The van der Waals surface area contributed by atoms with Crippen molar-refractivity contribution in [1.82, 2.24) is 4.72 Å². The van der Waals surface area contributed by atoms with Crippen LogP contribution < -0.4 is 10.5 Å². The standard InChI is InChI=1S/C13H20N2O3S/c14-9-10-5-1-4-8-13(10)19(17,18)15-11-6-2-3-7-12(11)16/h1,4-5,8,11-12,15-16H,2-3,6-7,9,14H2. The van der Waals surface area contributed by atoms with Gasteiger partial charge in [0.2, 0.25) is 10.0 Å². The number of hydrogen-bond acceptors (Lipinski definition) is 4. The fraction of sp³-hybridized carbons (Fsp3) is 0.538. The molecule has 1 saturated carbocycles. The van der Waals surface area contributed by atoms with Crippen molar-refractivity contribution >= 4 is 10.0 Å².